The fourth-order valence-electron chi connectivity index (χ4n) is 7.97. The molecule has 0 unspecified atom stereocenters. The van der Waals surface area contributed by atoms with E-state index in [0.717, 1.165) is 47.6 Å². The Balaban J connectivity index is 1.28. The molecular weight excluding hydrogens is 698 g/mol. The molecule has 0 aliphatic carbocycles. The molecule has 9 nitrogen and oxygen atoms in total. The first-order chi connectivity index (χ1) is 26.1. The van der Waals surface area contributed by atoms with Gasteiger partial charge in [0.2, 0.25) is 5.88 Å². The van der Waals surface area contributed by atoms with E-state index in [0.29, 0.717) is 23.6 Å². The summed E-state index contributed by atoms with van der Waals surface area (Å²) in [4.78, 5) is 48.8. The predicted molar refractivity (Wildman–Crippen MR) is 215 cm³/mol. The van der Waals surface area contributed by atoms with Crippen molar-refractivity contribution in [3.8, 4) is 11.6 Å². The fraction of sp³-hybridized carbons (Fsp3) is 0.182. The van der Waals surface area contributed by atoms with E-state index >= 15 is 0 Å². The van der Waals surface area contributed by atoms with Crippen molar-refractivity contribution in [1.29, 1.82) is 0 Å². The van der Waals surface area contributed by atoms with Gasteiger partial charge in [0.1, 0.15) is 5.56 Å². The molecule has 0 fully saturated rings. The zero-order valence-electron chi connectivity index (χ0n) is 30.1. The number of hydrogen-bond donors (Lipinski definition) is 1. The van der Waals surface area contributed by atoms with Crippen molar-refractivity contribution in [3.05, 3.63) is 175 Å². The Bertz CT molecular complexity index is 2750. The average Bonchev–Trinajstić information content (AvgIpc) is 3.47. The van der Waals surface area contributed by atoms with E-state index in [2.05, 4.69) is 54.1 Å². The molecule has 0 saturated carbocycles. The molecule has 7 aromatic rings. The molecule has 1 aliphatic rings. The number of fused-ring (bicyclic) bond motifs is 4. The minimum atomic E-state index is -0.714. The lowest BCUT2D eigenvalue weighted by molar-refractivity contribution is 0.0614. The van der Waals surface area contributed by atoms with Crippen LogP contribution in [0.15, 0.2) is 136 Å². The molecule has 1 amide bonds. The van der Waals surface area contributed by atoms with Crippen LogP contribution in [0.2, 0.25) is 5.02 Å². The number of aliphatic imine (C=N–C) groups is 1. The van der Waals surface area contributed by atoms with Crippen LogP contribution in [0.1, 0.15) is 51.5 Å². The maximum absolute atomic E-state index is 14.5. The predicted octanol–water partition coefficient (Wildman–Crippen LogP) is 7.57. The normalized spacial score (nSPS) is 16.0. The standard InChI is InChI=1S/C44H38ClN5O4/c1-27(39-42(52)48(3)44(54)50(43(39)53)31-15-11-14-30(45)25-31)46-26-36-32-16-7-8-18-34(32)41(51)49(23-22-28-12-5-4-6-13-28)40(36)29-20-21-38-35(24-29)33-17-9-10-19-37(33)47(38)2/h4-21,24-25,36,40,52H,22-23,26H2,1-3H3/t36-,40+/m1/s1. The van der Waals surface area contributed by atoms with Gasteiger partial charge in [-0.15, -0.1) is 0 Å². The lowest BCUT2D eigenvalue weighted by Crippen LogP contribution is -2.44. The first kappa shape index (κ1) is 34.9. The van der Waals surface area contributed by atoms with E-state index in [9.17, 15) is 19.5 Å². The number of hydrogen-bond acceptors (Lipinski definition) is 5. The average molecular weight is 736 g/mol. The number of carbonyl (C=O) groups excluding carboxylic acids is 1. The Hall–Kier alpha value is -6.19. The summed E-state index contributed by atoms with van der Waals surface area (Å²) in [5.74, 6) is -0.852. The van der Waals surface area contributed by atoms with Crippen molar-refractivity contribution >= 4 is 45.0 Å². The van der Waals surface area contributed by atoms with Crippen molar-refractivity contribution in [2.45, 2.75) is 25.3 Å². The number of benzene rings is 5. The highest BCUT2D eigenvalue weighted by molar-refractivity contribution is 6.30. The summed E-state index contributed by atoms with van der Waals surface area (Å²) in [7, 11) is 3.47. The smallest absolute Gasteiger partial charge is 0.338 e. The van der Waals surface area contributed by atoms with Gasteiger partial charge >= 0.3 is 5.69 Å². The minimum absolute atomic E-state index is 0.0541. The van der Waals surface area contributed by atoms with E-state index in [1.807, 2.05) is 59.5 Å². The van der Waals surface area contributed by atoms with Gasteiger partial charge in [-0.2, -0.15) is 0 Å². The Morgan fingerprint density at radius 2 is 1.50 bits per heavy atom. The minimum Gasteiger partial charge on any atom is -0.494 e. The molecule has 8 rings (SSSR count). The molecule has 2 atom stereocenters. The number of aromatic nitrogens is 3. The van der Waals surface area contributed by atoms with E-state index in [4.69, 9.17) is 16.6 Å². The monoisotopic (exact) mass is 735 g/mol. The summed E-state index contributed by atoms with van der Waals surface area (Å²) in [6, 6.07) is 38.5. The topological polar surface area (TPSA) is 102 Å². The van der Waals surface area contributed by atoms with Crippen LogP contribution in [0.3, 0.4) is 0 Å². The van der Waals surface area contributed by atoms with Gasteiger partial charge in [-0.25, -0.2) is 9.36 Å². The number of para-hydroxylation sites is 1. The largest absolute Gasteiger partial charge is 0.494 e. The number of rotatable bonds is 8. The summed E-state index contributed by atoms with van der Waals surface area (Å²) in [6.45, 7) is 2.32. The Kier molecular flexibility index (Phi) is 9.03. The van der Waals surface area contributed by atoms with Crippen LogP contribution in [0.5, 0.6) is 5.88 Å². The summed E-state index contributed by atoms with van der Waals surface area (Å²) in [6.07, 6.45) is 0.658. The zero-order valence-corrected chi connectivity index (χ0v) is 30.9. The van der Waals surface area contributed by atoms with Crippen LogP contribution in [0, 0.1) is 0 Å². The SMILES string of the molecule is CC(=NC[C@@H]1c2ccccc2C(=O)N(CCc2ccccc2)[C@H]1c1ccc2c(c1)c1ccccc1n2C)c1c(O)n(C)c(=O)n(-c2cccc(Cl)c2)c1=O. The van der Waals surface area contributed by atoms with Crippen molar-refractivity contribution in [3.63, 3.8) is 0 Å². The second-order valence-electron chi connectivity index (χ2n) is 13.8. The number of amides is 1. The molecule has 0 spiro atoms. The van der Waals surface area contributed by atoms with Crippen LogP contribution in [-0.4, -0.2) is 48.4 Å². The highest BCUT2D eigenvalue weighted by Crippen LogP contribution is 2.44. The van der Waals surface area contributed by atoms with Crippen LogP contribution in [-0.2, 0) is 20.5 Å². The van der Waals surface area contributed by atoms with Gasteiger partial charge in [-0.1, -0.05) is 90.5 Å². The maximum atomic E-state index is 14.5. The van der Waals surface area contributed by atoms with Gasteiger partial charge in [0.05, 0.1) is 11.7 Å². The van der Waals surface area contributed by atoms with Crippen LogP contribution >= 0.6 is 11.6 Å². The molecule has 0 bridgehead atoms. The van der Waals surface area contributed by atoms with E-state index in [1.165, 1.54) is 13.1 Å². The third-order valence-electron chi connectivity index (χ3n) is 10.7. The molecule has 3 heterocycles. The number of aromatic hydroxyl groups is 1. The van der Waals surface area contributed by atoms with Crippen LogP contribution < -0.4 is 11.2 Å². The van der Waals surface area contributed by atoms with E-state index in [1.54, 1.807) is 25.1 Å². The molecule has 1 N–H and O–H groups in total. The van der Waals surface area contributed by atoms with Gasteiger partial charge in [0.25, 0.3) is 11.5 Å². The van der Waals surface area contributed by atoms with Crippen molar-refractivity contribution < 1.29 is 9.90 Å². The van der Waals surface area contributed by atoms with E-state index in [-0.39, 0.29) is 35.3 Å². The van der Waals surface area contributed by atoms with Crippen molar-refractivity contribution in [2.75, 3.05) is 13.1 Å². The maximum Gasteiger partial charge on any atom is 0.338 e. The molecule has 5 aromatic carbocycles. The Morgan fingerprint density at radius 3 is 2.30 bits per heavy atom. The molecule has 54 heavy (non-hydrogen) atoms. The molecule has 270 valence electrons. The molecule has 2 aromatic heterocycles. The summed E-state index contributed by atoms with van der Waals surface area (Å²) in [5.41, 5.74) is 4.80. The van der Waals surface area contributed by atoms with Crippen molar-refractivity contribution in [1.82, 2.24) is 18.6 Å². The van der Waals surface area contributed by atoms with Crippen molar-refractivity contribution in [2.24, 2.45) is 19.1 Å². The van der Waals surface area contributed by atoms with Gasteiger partial charge in [-0.3, -0.25) is 19.1 Å². The molecule has 10 heteroatoms. The third-order valence-corrected chi connectivity index (χ3v) is 11.0. The Labute approximate surface area is 316 Å². The molecular formula is C44H38ClN5O4. The second kappa shape index (κ2) is 14.0. The van der Waals surface area contributed by atoms with Gasteiger partial charge in [-0.05, 0) is 72.5 Å². The second-order valence-corrected chi connectivity index (χ2v) is 14.2. The summed E-state index contributed by atoms with van der Waals surface area (Å²) >= 11 is 6.23. The summed E-state index contributed by atoms with van der Waals surface area (Å²) in [5, 5.41) is 13.8. The van der Waals surface area contributed by atoms with Gasteiger partial charge in [0, 0.05) is 71.2 Å². The first-order valence-electron chi connectivity index (χ1n) is 17.9. The quantitative estimate of drug-likeness (QED) is 0.163. The number of carbonyl (C=O) groups is 1. The molecule has 0 saturated heterocycles. The van der Waals surface area contributed by atoms with Gasteiger partial charge in [0.15, 0.2) is 0 Å². The number of halogens is 1. The number of nitrogens with zero attached hydrogens (tertiary/aromatic N) is 5. The van der Waals surface area contributed by atoms with E-state index < -0.39 is 23.2 Å². The van der Waals surface area contributed by atoms with Crippen LogP contribution in [0.4, 0.5) is 0 Å². The van der Waals surface area contributed by atoms with Gasteiger partial charge < -0.3 is 14.6 Å². The van der Waals surface area contributed by atoms with Crippen LogP contribution in [0.25, 0.3) is 27.5 Å². The Morgan fingerprint density at radius 1 is 0.778 bits per heavy atom. The molecule has 0 radical (unpaired) electrons. The lowest BCUT2D eigenvalue weighted by atomic mass is 9.79. The lowest BCUT2D eigenvalue weighted by Gasteiger charge is -2.42. The molecule has 1 aliphatic heterocycles. The fourth-order valence-corrected chi connectivity index (χ4v) is 8.16. The zero-order chi connectivity index (χ0) is 37.7. The summed E-state index contributed by atoms with van der Waals surface area (Å²) < 4.78 is 4.20. The first-order valence-corrected chi connectivity index (χ1v) is 18.2. The number of aryl methyl sites for hydroxylation is 1. The highest BCUT2D eigenvalue weighted by Gasteiger charge is 2.40. The third kappa shape index (κ3) is 5.90. The highest BCUT2D eigenvalue weighted by atomic mass is 35.5.